The topological polar surface area (TPSA) is 49.4 Å². The van der Waals surface area contributed by atoms with Gasteiger partial charge in [0.05, 0.1) is 0 Å². The average molecular weight is 182 g/mol. The highest BCUT2D eigenvalue weighted by Crippen LogP contribution is 2.32. The highest BCUT2D eigenvalue weighted by Gasteiger charge is 2.27. The number of nitrogens with zero attached hydrogens (tertiary/aromatic N) is 1. The molecule has 2 amide bonds. The van der Waals surface area contributed by atoms with Crippen LogP contribution >= 0.6 is 0 Å². The number of amides is 2. The fourth-order valence-corrected chi connectivity index (χ4v) is 1.55. The number of carbonyl (C=O) groups excluding carboxylic acids is 2. The number of hydrazine groups is 1. The quantitative estimate of drug-likeness (QED) is 0.688. The van der Waals surface area contributed by atoms with Crippen molar-refractivity contribution in [3.05, 3.63) is 0 Å². The largest absolute Gasteiger partial charge is 0.273 e. The Morgan fingerprint density at radius 3 is 2.85 bits per heavy atom. The van der Waals surface area contributed by atoms with Gasteiger partial charge in [-0.05, 0) is 25.2 Å². The molecule has 1 heterocycles. The van der Waals surface area contributed by atoms with Crippen LogP contribution in [0, 0.1) is 5.92 Å². The van der Waals surface area contributed by atoms with Gasteiger partial charge < -0.3 is 0 Å². The van der Waals surface area contributed by atoms with Crippen LogP contribution in [0.2, 0.25) is 0 Å². The van der Waals surface area contributed by atoms with Crippen LogP contribution in [0.15, 0.2) is 0 Å². The Balaban J connectivity index is 1.75. The molecule has 0 spiro atoms. The molecule has 2 fully saturated rings. The summed E-state index contributed by atoms with van der Waals surface area (Å²) in [6.45, 7) is 0.676. The van der Waals surface area contributed by atoms with Crippen molar-refractivity contribution in [2.24, 2.45) is 5.92 Å². The second-order valence-electron chi connectivity index (χ2n) is 3.83. The Labute approximate surface area is 77.3 Å². The SMILES string of the molecule is O=C(CC1CC1)NN1CCCC1=O. The molecule has 4 nitrogen and oxygen atoms in total. The molecule has 1 saturated carbocycles. The smallest absolute Gasteiger partial charge is 0.241 e. The van der Waals surface area contributed by atoms with Crippen molar-refractivity contribution in [1.82, 2.24) is 10.4 Å². The van der Waals surface area contributed by atoms with Gasteiger partial charge in [-0.2, -0.15) is 0 Å². The first-order valence-electron chi connectivity index (χ1n) is 4.85. The predicted molar refractivity (Wildman–Crippen MR) is 46.4 cm³/mol. The average Bonchev–Trinajstić information content (AvgIpc) is 2.79. The normalized spacial score (nSPS) is 22.2. The fraction of sp³-hybridized carbons (Fsp3) is 0.778. The Hall–Kier alpha value is -1.06. The van der Waals surface area contributed by atoms with Crippen LogP contribution in [-0.2, 0) is 9.59 Å². The molecule has 1 aliphatic carbocycles. The van der Waals surface area contributed by atoms with E-state index >= 15 is 0 Å². The summed E-state index contributed by atoms with van der Waals surface area (Å²) in [6.07, 6.45) is 4.36. The van der Waals surface area contributed by atoms with Crippen LogP contribution in [0.4, 0.5) is 0 Å². The summed E-state index contributed by atoms with van der Waals surface area (Å²) >= 11 is 0. The first kappa shape index (κ1) is 8.53. The molecule has 0 aromatic rings. The molecule has 1 saturated heterocycles. The van der Waals surface area contributed by atoms with Crippen LogP contribution in [-0.4, -0.2) is 23.4 Å². The maximum absolute atomic E-state index is 11.3. The summed E-state index contributed by atoms with van der Waals surface area (Å²) in [4.78, 5) is 22.4. The van der Waals surface area contributed by atoms with Crippen molar-refractivity contribution in [3.8, 4) is 0 Å². The third-order valence-corrected chi connectivity index (χ3v) is 2.50. The molecule has 13 heavy (non-hydrogen) atoms. The molecule has 2 rings (SSSR count). The third-order valence-electron chi connectivity index (χ3n) is 2.50. The van der Waals surface area contributed by atoms with Gasteiger partial charge in [-0.15, -0.1) is 0 Å². The van der Waals surface area contributed by atoms with Crippen molar-refractivity contribution in [2.75, 3.05) is 6.54 Å². The molecule has 4 heteroatoms. The van der Waals surface area contributed by atoms with Crippen LogP contribution in [0.1, 0.15) is 32.1 Å². The van der Waals surface area contributed by atoms with E-state index in [2.05, 4.69) is 5.43 Å². The number of rotatable bonds is 3. The van der Waals surface area contributed by atoms with Crippen LogP contribution in [0.3, 0.4) is 0 Å². The van der Waals surface area contributed by atoms with E-state index in [-0.39, 0.29) is 11.8 Å². The molecule has 0 aromatic heterocycles. The number of hydrogen-bond donors (Lipinski definition) is 1. The lowest BCUT2D eigenvalue weighted by Gasteiger charge is -2.16. The lowest BCUT2D eigenvalue weighted by atomic mass is 10.3. The van der Waals surface area contributed by atoms with E-state index in [0.717, 1.165) is 6.42 Å². The van der Waals surface area contributed by atoms with Gasteiger partial charge in [0, 0.05) is 19.4 Å². The van der Waals surface area contributed by atoms with E-state index in [1.165, 1.54) is 17.9 Å². The van der Waals surface area contributed by atoms with Gasteiger partial charge in [-0.3, -0.25) is 20.0 Å². The first-order chi connectivity index (χ1) is 6.25. The fourth-order valence-electron chi connectivity index (χ4n) is 1.55. The van der Waals surface area contributed by atoms with Gasteiger partial charge >= 0.3 is 0 Å². The number of hydrogen-bond acceptors (Lipinski definition) is 2. The van der Waals surface area contributed by atoms with Gasteiger partial charge in [-0.1, -0.05) is 0 Å². The molecule has 2 aliphatic rings. The zero-order valence-electron chi connectivity index (χ0n) is 7.58. The van der Waals surface area contributed by atoms with Crippen molar-refractivity contribution < 1.29 is 9.59 Å². The Morgan fingerprint density at radius 2 is 2.31 bits per heavy atom. The molecule has 0 atom stereocenters. The molecular weight excluding hydrogens is 168 g/mol. The van der Waals surface area contributed by atoms with E-state index < -0.39 is 0 Å². The second kappa shape index (κ2) is 3.36. The zero-order chi connectivity index (χ0) is 9.26. The number of carbonyl (C=O) groups is 2. The standard InChI is InChI=1S/C9H14N2O2/c12-8(6-7-3-4-7)10-11-5-1-2-9(11)13/h7H,1-6H2,(H,10,12). The van der Waals surface area contributed by atoms with Gasteiger partial charge in [0.2, 0.25) is 11.8 Å². The molecule has 0 bridgehead atoms. The second-order valence-corrected chi connectivity index (χ2v) is 3.83. The minimum atomic E-state index is -0.00208. The summed E-state index contributed by atoms with van der Waals surface area (Å²) in [5.41, 5.74) is 2.64. The van der Waals surface area contributed by atoms with Crippen LogP contribution < -0.4 is 5.43 Å². The lowest BCUT2D eigenvalue weighted by Crippen LogP contribution is -2.42. The third kappa shape index (κ3) is 2.20. The van der Waals surface area contributed by atoms with Gasteiger partial charge in [0.25, 0.3) is 0 Å². The summed E-state index contributed by atoms with van der Waals surface area (Å²) in [5, 5.41) is 1.45. The van der Waals surface area contributed by atoms with E-state index in [9.17, 15) is 9.59 Å². The predicted octanol–water partition coefficient (Wildman–Crippen LogP) is 0.440. The Kier molecular flexibility index (Phi) is 2.20. The Morgan fingerprint density at radius 1 is 1.54 bits per heavy atom. The summed E-state index contributed by atoms with van der Waals surface area (Å²) < 4.78 is 0. The van der Waals surface area contributed by atoms with Crippen molar-refractivity contribution in [3.63, 3.8) is 0 Å². The van der Waals surface area contributed by atoms with Crippen LogP contribution in [0.25, 0.3) is 0 Å². The zero-order valence-corrected chi connectivity index (χ0v) is 7.58. The maximum Gasteiger partial charge on any atom is 0.241 e. The van der Waals surface area contributed by atoms with Gasteiger partial charge in [0.1, 0.15) is 0 Å². The van der Waals surface area contributed by atoms with Crippen molar-refractivity contribution in [1.29, 1.82) is 0 Å². The first-order valence-corrected chi connectivity index (χ1v) is 4.85. The van der Waals surface area contributed by atoms with E-state index in [1.807, 2.05) is 0 Å². The van der Waals surface area contributed by atoms with Crippen molar-refractivity contribution >= 4 is 11.8 Å². The minimum absolute atomic E-state index is 0.00208. The molecule has 0 unspecified atom stereocenters. The minimum Gasteiger partial charge on any atom is -0.273 e. The maximum atomic E-state index is 11.3. The highest BCUT2D eigenvalue weighted by molar-refractivity contribution is 5.83. The summed E-state index contributed by atoms with van der Waals surface area (Å²) in [5.74, 6) is 0.625. The molecule has 0 aromatic carbocycles. The summed E-state index contributed by atoms with van der Waals surface area (Å²) in [6, 6.07) is 0. The molecular formula is C9H14N2O2. The van der Waals surface area contributed by atoms with E-state index in [4.69, 9.17) is 0 Å². The molecule has 1 N–H and O–H groups in total. The molecule has 0 radical (unpaired) electrons. The lowest BCUT2D eigenvalue weighted by molar-refractivity contribution is -0.138. The van der Waals surface area contributed by atoms with Gasteiger partial charge in [-0.25, -0.2) is 0 Å². The summed E-state index contributed by atoms with van der Waals surface area (Å²) in [7, 11) is 0. The van der Waals surface area contributed by atoms with Crippen LogP contribution in [0.5, 0.6) is 0 Å². The molecule has 1 aliphatic heterocycles. The van der Waals surface area contributed by atoms with Gasteiger partial charge in [0.15, 0.2) is 0 Å². The van der Waals surface area contributed by atoms with E-state index in [1.54, 1.807) is 0 Å². The van der Waals surface area contributed by atoms with Crippen molar-refractivity contribution in [2.45, 2.75) is 32.1 Å². The van der Waals surface area contributed by atoms with E-state index in [0.29, 0.717) is 25.3 Å². The molecule has 72 valence electrons. The Bertz CT molecular complexity index is 236. The number of nitrogens with one attached hydrogen (secondary N) is 1. The monoisotopic (exact) mass is 182 g/mol. The highest BCUT2D eigenvalue weighted by atomic mass is 16.2.